The van der Waals surface area contributed by atoms with Crippen molar-refractivity contribution in [2.24, 2.45) is 0 Å². The van der Waals surface area contributed by atoms with Crippen LogP contribution in [0.15, 0.2) is 24.3 Å². The topological polar surface area (TPSA) is 9.23 Å². The van der Waals surface area contributed by atoms with Crippen LogP contribution in [0.2, 0.25) is 0 Å². The number of rotatable bonds is 2. The Bertz CT molecular complexity index is 228. The standard InChI is InChI=1S/C10H13O/c1-8(2)9-6-4-5-7-10(9)11-3/h4-7H,1-3H3. The summed E-state index contributed by atoms with van der Waals surface area (Å²) in [5, 5.41) is 0. The lowest BCUT2D eigenvalue weighted by molar-refractivity contribution is 0.411. The molecule has 0 aliphatic rings. The van der Waals surface area contributed by atoms with Gasteiger partial charge in [-0.3, -0.25) is 0 Å². The molecule has 1 heteroatoms. The van der Waals surface area contributed by atoms with E-state index in [1.165, 1.54) is 11.5 Å². The van der Waals surface area contributed by atoms with Gasteiger partial charge in [0.2, 0.25) is 0 Å². The molecule has 0 unspecified atom stereocenters. The molecule has 0 heterocycles. The molecule has 0 amide bonds. The van der Waals surface area contributed by atoms with Crippen molar-refractivity contribution in [2.45, 2.75) is 13.8 Å². The Morgan fingerprint density at radius 2 is 1.82 bits per heavy atom. The Labute approximate surface area is 68.0 Å². The van der Waals surface area contributed by atoms with Crippen molar-refractivity contribution < 1.29 is 4.74 Å². The summed E-state index contributed by atoms with van der Waals surface area (Å²) in [7, 11) is 1.70. The lowest BCUT2D eigenvalue weighted by atomic mass is 10.0. The number of benzene rings is 1. The van der Waals surface area contributed by atoms with Crippen molar-refractivity contribution in [1.29, 1.82) is 0 Å². The van der Waals surface area contributed by atoms with Crippen molar-refractivity contribution in [3.63, 3.8) is 0 Å². The molecule has 1 rings (SSSR count). The molecule has 1 aromatic rings. The van der Waals surface area contributed by atoms with E-state index in [1.807, 2.05) is 18.2 Å². The zero-order valence-electron chi connectivity index (χ0n) is 7.22. The smallest absolute Gasteiger partial charge is 0.122 e. The van der Waals surface area contributed by atoms with Gasteiger partial charge >= 0.3 is 0 Å². The number of ether oxygens (including phenoxy) is 1. The van der Waals surface area contributed by atoms with Gasteiger partial charge in [0, 0.05) is 11.5 Å². The van der Waals surface area contributed by atoms with Crippen LogP contribution in [0.3, 0.4) is 0 Å². The van der Waals surface area contributed by atoms with Gasteiger partial charge in [0.1, 0.15) is 5.75 Å². The van der Waals surface area contributed by atoms with E-state index in [0.29, 0.717) is 0 Å². The van der Waals surface area contributed by atoms with E-state index in [4.69, 9.17) is 4.74 Å². The monoisotopic (exact) mass is 149 g/mol. The predicted molar refractivity (Wildman–Crippen MR) is 46.7 cm³/mol. The second-order valence-corrected chi connectivity index (χ2v) is 2.70. The minimum Gasteiger partial charge on any atom is -0.496 e. The van der Waals surface area contributed by atoms with E-state index < -0.39 is 0 Å². The summed E-state index contributed by atoms with van der Waals surface area (Å²) in [6, 6.07) is 8.03. The van der Waals surface area contributed by atoms with Gasteiger partial charge in [-0.25, -0.2) is 0 Å². The maximum absolute atomic E-state index is 5.19. The summed E-state index contributed by atoms with van der Waals surface area (Å²) in [6.45, 7) is 4.16. The van der Waals surface area contributed by atoms with E-state index in [1.54, 1.807) is 7.11 Å². The molecular weight excluding hydrogens is 136 g/mol. The highest BCUT2D eigenvalue weighted by Crippen LogP contribution is 2.24. The average molecular weight is 149 g/mol. The van der Waals surface area contributed by atoms with Gasteiger partial charge in [-0.15, -0.1) is 0 Å². The molecule has 0 atom stereocenters. The van der Waals surface area contributed by atoms with Crippen LogP contribution in [0.25, 0.3) is 0 Å². The van der Waals surface area contributed by atoms with Crippen LogP contribution >= 0.6 is 0 Å². The van der Waals surface area contributed by atoms with Gasteiger partial charge in [-0.05, 0) is 6.07 Å². The molecule has 1 radical (unpaired) electrons. The summed E-state index contributed by atoms with van der Waals surface area (Å²) in [4.78, 5) is 0. The first-order valence-corrected chi connectivity index (χ1v) is 3.69. The van der Waals surface area contributed by atoms with Gasteiger partial charge < -0.3 is 4.74 Å². The summed E-state index contributed by atoms with van der Waals surface area (Å²) >= 11 is 0. The first kappa shape index (κ1) is 8.12. The molecule has 0 saturated heterocycles. The lowest BCUT2D eigenvalue weighted by Crippen LogP contribution is -1.93. The minimum absolute atomic E-state index is 0.951. The molecule has 11 heavy (non-hydrogen) atoms. The second-order valence-electron chi connectivity index (χ2n) is 2.70. The summed E-state index contributed by atoms with van der Waals surface area (Å²) in [6.07, 6.45) is 0. The van der Waals surface area contributed by atoms with E-state index >= 15 is 0 Å². The number of hydrogen-bond donors (Lipinski definition) is 0. The highest BCUT2D eigenvalue weighted by molar-refractivity contribution is 5.41. The van der Waals surface area contributed by atoms with Crippen molar-refractivity contribution in [3.8, 4) is 5.75 Å². The molecule has 1 aromatic carbocycles. The Balaban J connectivity index is 3.02. The third-order valence-electron chi connectivity index (χ3n) is 1.65. The van der Waals surface area contributed by atoms with Gasteiger partial charge in [0.25, 0.3) is 0 Å². The maximum Gasteiger partial charge on any atom is 0.122 e. The van der Waals surface area contributed by atoms with Crippen LogP contribution in [0.5, 0.6) is 5.75 Å². The summed E-state index contributed by atoms with van der Waals surface area (Å²) < 4.78 is 5.19. The quantitative estimate of drug-likeness (QED) is 0.628. The SMILES string of the molecule is COc1ccccc1[C](C)C. The number of hydrogen-bond acceptors (Lipinski definition) is 1. The molecule has 0 aliphatic heterocycles. The van der Waals surface area contributed by atoms with Crippen LogP contribution < -0.4 is 4.74 Å². The second kappa shape index (κ2) is 3.42. The van der Waals surface area contributed by atoms with Crippen molar-refractivity contribution in [3.05, 3.63) is 35.7 Å². The third kappa shape index (κ3) is 1.73. The zero-order valence-corrected chi connectivity index (χ0v) is 7.22. The van der Waals surface area contributed by atoms with Gasteiger partial charge in [-0.2, -0.15) is 0 Å². The normalized spacial score (nSPS) is 10.2. The predicted octanol–water partition coefficient (Wildman–Crippen LogP) is 2.66. The summed E-state index contributed by atoms with van der Waals surface area (Å²) in [5.74, 6) is 2.23. The van der Waals surface area contributed by atoms with Crippen molar-refractivity contribution in [1.82, 2.24) is 0 Å². The molecule has 0 saturated carbocycles. The Morgan fingerprint density at radius 3 is 2.27 bits per heavy atom. The van der Waals surface area contributed by atoms with Gasteiger partial charge in [0.05, 0.1) is 7.11 Å². The minimum atomic E-state index is 0.951. The molecule has 0 aromatic heterocycles. The van der Waals surface area contributed by atoms with Gasteiger partial charge in [-0.1, -0.05) is 32.0 Å². The number of para-hydroxylation sites is 1. The maximum atomic E-state index is 5.19. The summed E-state index contributed by atoms with van der Waals surface area (Å²) in [5.41, 5.74) is 1.19. The fourth-order valence-corrected chi connectivity index (χ4v) is 1.06. The van der Waals surface area contributed by atoms with E-state index in [2.05, 4.69) is 19.9 Å². The first-order valence-electron chi connectivity index (χ1n) is 3.69. The molecule has 1 nitrogen and oxygen atoms in total. The van der Waals surface area contributed by atoms with Crippen molar-refractivity contribution in [2.75, 3.05) is 7.11 Å². The molecular formula is C10H13O. The zero-order chi connectivity index (χ0) is 8.27. The van der Waals surface area contributed by atoms with Crippen molar-refractivity contribution >= 4 is 0 Å². The molecule has 0 bridgehead atoms. The Morgan fingerprint density at radius 1 is 1.18 bits per heavy atom. The molecule has 0 fully saturated rings. The fraction of sp³-hybridized carbons (Fsp3) is 0.300. The highest BCUT2D eigenvalue weighted by atomic mass is 16.5. The first-order chi connectivity index (χ1) is 5.25. The largest absolute Gasteiger partial charge is 0.496 e. The molecule has 0 aliphatic carbocycles. The molecule has 0 spiro atoms. The van der Waals surface area contributed by atoms with E-state index in [9.17, 15) is 0 Å². The fourth-order valence-electron chi connectivity index (χ4n) is 1.06. The van der Waals surface area contributed by atoms with Crippen LogP contribution in [-0.4, -0.2) is 7.11 Å². The van der Waals surface area contributed by atoms with E-state index in [0.717, 1.165) is 5.75 Å². The Hall–Kier alpha value is -0.980. The highest BCUT2D eigenvalue weighted by Gasteiger charge is 2.04. The molecule has 59 valence electrons. The van der Waals surface area contributed by atoms with Gasteiger partial charge in [0.15, 0.2) is 0 Å². The van der Waals surface area contributed by atoms with Crippen LogP contribution in [-0.2, 0) is 0 Å². The lowest BCUT2D eigenvalue weighted by Gasteiger charge is -2.09. The Kier molecular flexibility index (Phi) is 2.53. The molecule has 0 N–H and O–H groups in total. The van der Waals surface area contributed by atoms with Crippen LogP contribution in [0.4, 0.5) is 0 Å². The average Bonchev–Trinajstić information content (AvgIpc) is 2.04. The van der Waals surface area contributed by atoms with E-state index in [-0.39, 0.29) is 0 Å². The number of methoxy groups -OCH3 is 1. The van der Waals surface area contributed by atoms with Crippen LogP contribution in [0.1, 0.15) is 19.4 Å². The third-order valence-corrected chi connectivity index (χ3v) is 1.65. The van der Waals surface area contributed by atoms with Crippen LogP contribution in [0, 0.1) is 5.92 Å².